The van der Waals surface area contributed by atoms with Crippen LogP contribution >= 0.6 is 22.9 Å². The predicted molar refractivity (Wildman–Crippen MR) is 73.0 cm³/mol. The minimum absolute atomic E-state index is 0.0736. The summed E-state index contributed by atoms with van der Waals surface area (Å²) >= 11 is 7.28. The molecule has 17 heavy (non-hydrogen) atoms. The van der Waals surface area contributed by atoms with Gasteiger partial charge in [0.1, 0.15) is 0 Å². The van der Waals surface area contributed by atoms with Crippen LogP contribution in [0, 0.1) is 6.92 Å². The Morgan fingerprint density at radius 1 is 1.41 bits per heavy atom. The summed E-state index contributed by atoms with van der Waals surface area (Å²) in [5.41, 5.74) is 3.50. The third kappa shape index (κ3) is 2.87. The van der Waals surface area contributed by atoms with E-state index in [2.05, 4.69) is 5.32 Å². The lowest BCUT2D eigenvalue weighted by molar-refractivity contribution is 0.102. The Kier molecular flexibility index (Phi) is 3.82. The maximum absolute atomic E-state index is 12.0. The van der Waals surface area contributed by atoms with Gasteiger partial charge in [0.25, 0.3) is 5.91 Å². The summed E-state index contributed by atoms with van der Waals surface area (Å²) in [6.45, 7) is 1.93. The highest BCUT2D eigenvalue weighted by Gasteiger charge is 2.09. The molecule has 0 saturated carbocycles. The Hall–Kier alpha value is -1.32. The van der Waals surface area contributed by atoms with E-state index < -0.39 is 0 Å². The van der Waals surface area contributed by atoms with Gasteiger partial charge < -0.3 is 5.32 Å². The second-order valence-corrected chi connectivity index (χ2v) is 4.77. The molecule has 4 heteroatoms. The normalized spacial score (nSPS) is 10.2. The van der Waals surface area contributed by atoms with E-state index in [0.29, 0.717) is 5.88 Å². The van der Waals surface area contributed by atoms with Crippen molar-refractivity contribution in [1.82, 2.24) is 0 Å². The minimum Gasteiger partial charge on any atom is -0.322 e. The molecule has 1 aromatic carbocycles. The third-order valence-electron chi connectivity index (χ3n) is 2.44. The average molecular weight is 266 g/mol. The molecule has 1 heterocycles. The first-order valence-electron chi connectivity index (χ1n) is 5.20. The number of anilines is 1. The van der Waals surface area contributed by atoms with E-state index in [0.717, 1.165) is 22.4 Å². The quantitative estimate of drug-likeness (QED) is 0.834. The Morgan fingerprint density at radius 3 is 2.88 bits per heavy atom. The first-order valence-corrected chi connectivity index (χ1v) is 6.67. The van der Waals surface area contributed by atoms with Crippen molar-refractivity contribution in [3.8, 4) is 0 Å². The molecular weight excluding hydrogens is 254 g/mol. The van der Waals surface area contributed by atoms with Gasteiger partial charge in [-0.3, -0.25) is 4.79 Å². The molecule has 1 aromatic heterocycles. The molecule has 1 amide bonds. The topological polar surface area (TPSA) is 29.1 Å². The van der Waals surface area contributed by atoms with E-state index in [1.165, 1.54) is 11.3 Å². The van der Waals surface area contributed by atoms with Crippen LogP contribution in [0.4, 0.5) is 5.69 Å². The molecule has 2 aromatic rings. The van der Waals surface area contributed by atoms with E-state index in [1.54, 1.807) is 0 Å². The Morgan fingerprint density at radius 2 is 2.24 bits per heavy atom. The summed E-state index contributed by atoms with van der Waals surface area (Å²) in [6.07, 6.45) is 0. The molecule has 88 valence electrons. The lowest BCUT2D eigenvalue weighted by atomic mass is 10.2. The van der Waals surface area contributed by atoms with Crippen LogP contribution in [0.15, 0.2) is 35.0 Å². The molecule has 2 rings (SSSR count). The minimum atomic E-state index is -0.0736. The first-order chi connectivity index (χ1) is 8.20. The van der Waals surface area contributed by atoms with Crippen molar-refractivity contribution in [2.45, 2.75) is 12.8 Å². The molecule has 0 aliphatic carbocycles. The summed E-state index contributed by atoms with van der Waals surface area (Å²) in [5, 5.41) is 6.69. The van der Waals surface area contributed by atoms with Gasteiger partial charge in [0.15, 0.2) is 0 Å². The van der Waals surface area contributed by atoms with E-state index >= 15 is 0 Å². The molecule has 0 bridgehead atoms. The van der Waals surface area contributed by atoms with E-state index in [4.69, 9.17) is 11.6 Å². The fourth-order valence-electron chi connectivity index (χ4n) is 1.52. The number of carbonyl (C=O) groups is 1. The van der Waals surface area contributed by atoms with Crippen molar-refractivity contribution in [3.05, 3.63) is 51.7 Å². The van der Waals surface area contributed by atoms with Crippen LogP contribution in [0.3, 0.4) is 0 Å². The smallest absolute Gasteiger partial charge is 0.256 e. The van der Waals surface area contributed by atoms with E-state index in [-0.39, 0.29) is 5.91 Å². The molecule has 0 radical (unpaired) electrons. The number of rotatable bonds is 3. The maximum atomic E-state index is 12.0. The van der Waals surface area contributed by atoms with Crippen molar-refractivity contribution in [2.75, 3.05) is 5.32 Å². The number of nitrogens with one attached hydrogen (secondary N) is 1. The molecule has 0 atom stereocenters. The van der Waals surface area contributed by atoms with Crippen molar-refractivity contribution >= 4 is 34.5 Å². The molecule has 0 fully saturated rings. The van der Waals surface area contributed by atoms with E-state index in [9.17, 15) is 4.79 Å². The van der Waals surface area contributed by atoms with Gasteiger partial charge in [0, 0.05) is 16.9 Å². The van der Waals surface area contributed by atoms with Gasteiger partial charge in [-0.2, -0.15) is 11.3 Å². The second kappa shape index (κ2) is 5.34. The van der Waals surface area contributed by atoms with Crippen molar-refractivity contribution in [3.63, 3.8) is 0 Å². The van der Waals surface area contributed by atoms with Crippen LogP contribution in [0.1, 0.15) is 21.5 Å². The third-order valence-corrected chi connectivity index (χ3v) is 3.61. The molecule has 1 N–H and O–H groups in total. The van der Waals surface area contributed by atoms with Crippen LogP contribution in [0.25, 0.3) is 0 Å². The fraction of sp³-hybridized carbons (Fsp3) is 0.154. The van der Waals surface area contributed by atoms with Gasteiger partial charge >= 0.3 is 0 Å². The first kappa shape index (κ1) is 12.1. The predicted octanol–water partition coefficient (Wildman–Crippen LogP) is 4.05. The van der Waals surface area contributed by atoms with Crippen molar-refractivity contribution < 1.29 is 4.79 Å². The lowest BCUT2D eigenvalue weighted by Crippen LogP contribution is -2.12. The highest BCUT2D eigenvalue weighted by atomic mass is 35.5. The Labute approximate surface area is 109 Å². The zero-order valence-electron chi connectivity index (χ0n) is 9.37. The highest BCUT2D eigenvalue weighted by molar-refractivity contribution is 7.08. The standard InChI is InChI=1S/C13H12ClNOS/c1-9-7-17-8-12(9)13(16)15-11-4-2-3-10(5-11)6-14/h2-5,7-8H,6H2,1H3,(H,15,16). The van der Waals surface area contributed by atoms with Crippen LogP contribution < -0.4 is 5.32 Å². The number of thiophene rings is 1. The van der Waals surface area contributed by atoms with Crippen LogP contribution in [-0.2, 0) is 5.88 Å². The Bertz CT molecular complexity index is 536. The number of aryl methyl sites for hydroxylation is 1. The summed E-state index contributed by atoms with van der Waals surface area (Å²) < 4.78 is 0. The summed E-state index contributed by atoms with van der Waals surface area (Å²) in [7, 11) is 0. The number of alkyl halides is 1. The zero-order valence-corrected chi connectivity index (χ0v) is 10.9. The molecule has 0 saturated heterocycles. The Balaban J connectivity index is 2.16. The van der Waals surface area contributed by atoms with Crippen molar-refractivity contribution in [1.29, 1.82) is 0 Å². The van der Waals surface area contributed by atoms with Gasteiger partial charge in [-0.25, -0.2) is 0 Å². The second-order valence-electron chi connectivity index (χ2n) is 3.76. The summed E-state index contributed by atoms with van der Waals surface area (Å²) in [4.78, 5) is 12.0. The van der Waals surface area contributed by atoms with Crippen LogP contribution in [0.5, 0.6) is 0 Å². The molecule has 0 aliphatic rings. The molecular formula is C13H12ClNOS. The number of halogens is 1. The highest BCUT2D eigenvalue weighted by Crippen LogP contribution is 2.17. The lowest BCUT2D eigenvalue weighted by Gasteiger charge is -2.06. The van der Waals surface area contributed by atoms with Crippen LogP contribution in [-0.4, -0.2) is 5.91 Å². The molecule has 0 aliphatic heterocycles. The van der Waals surface area contributed by atoms with E-state index in [1.807, 2.05) is 41.9 Å². The molecule has 0 unspecified atom stereocenters. The maximum Gasteiger partial charge on any atom is 0.256 e. The van der Waals surface area contributed by atoms with Crippen LogP contribution in [0.2, 0.25) is 0 Å². The van der Waals surface area contributed by atoms with Gasteiger partial charge in [-0.15, -0.1) is 11.6 Å². The largest absolute Gasteiger partial charge is 0.322 e. The van der Waals surface area contributed by atoms with Gasteiger partial charge in [-0.05, 0) is 35.6 Å². The fourth-order valence-corrected chi connectivity index (χ4v) is 2.52. The number of hydrogen-bond donors (Lipinski definition) is 1. The average Bonchev–Trinajstić information content (AvgIpc) is 2.76. The zero-order chi connectivity index (χ0) is 12.3. The molecule has 2 nitrogen and oxygen atoms in total. The molecule has 0 spiro atoms. The summed E-state index contributed by atoms with van der Waals surface area (Å²) in [5.74, 6) is 0.372. The number of carbonyl (C=O) groups excluding carboxylic acids is 1. The number of benzene rings is 1. The van der Waals surface area contributed by atoms with Gasteiger partial charge in [0.2, 0.25) is 0 Å². The number of amides is 1. The monoisotopic (exact) mass is 265 g/mol. The SMILES string of the molecule is Cc1cscc1C(=O)Nc1cccc(CCl)c1. The van der Waals surface area contributed by atoms with Gasteiger partial charge in [0.05, 0.1) is 5.56 Å². The number of hydrogen-bond acceptors (Lipinski definition) is 2. The summed E-state index contributed by atoms with van der Waals surface area (Å²) in [6, 6.07) is 7.55. The van der Waals surface area contributed by atoms with Crippen molar-refractivity contribution in [2.24, 2.45) is 0 Å². The van der Waals surface area contributed by atoms with Gasteiger partial charge in [-0.1, -0.05) is 12.1 Å².